The molecule has 0 spiro atoms. The number of esters is 1. The molecule has 1 amide bonds. The number of carbonyl (C=O) groups is 2. The van der Waals surface area contributed by atoms with E-state index in [1.807, 2.05) is 0 Å². The molecule has 0 unspecified atom stereocenters. The van der Waals surface area contributed by atoms with Crippen molar-refractivity contribution in [2.45, 2.75) is 17.9 Å². The summed E-state index contributed by atoms with van der Waals surface area (Å²) < 4.78 is 37.9. The van der Waals surface area contributed by atoms with Crippen molar-refractivity contribution in [1.82, 2.24) is 0 Å². The smallest absolute Gasteiger partial charge is 0.339 e. The number of anilines is 1. The molecule has 2 aromatic rings. The SMILES string of the molecule is C[C@@H](OC(=O)c1ccc2c(c1)OCO2)C(=O)Nc1ccc(S(N)(=O)=O)cc1. The molecule has 0 aliphatic carbocycles. The number of fused-ring (bicyclic) bond motifs is 1. The normalized spacial score (nSPS) is 13.7. The highest BCUT2D eigenvalue weighted by atomic mass is 32.2. The summed E-state index contributed by atoms with van der Waals surface area (Å²) in [6, 6.07) is 9.83. The standard InChI is InChI=1S/C17H16N2O7S/c1-10(16(20)19-12-3-5-13(6-4-12)27(18,22)23)26-17(21)11-2-7-14-15(8-11)25-9-24-14/h2-8,10H,9H2,1H3,(H,19,20)(H2,18,22,23)/t10-/m1/s1. The molecular formula is C17H16N2O7S. The van der Waals surface area contributed by atoms with Gasteiger partial charge in [0.05, 0.1) is 10.5 Å². The molecule has 2 aromatic carbocycles. The highest BCUT2D eigenvalue weighted by Gasteiger charge is 2.22. The van der Waals surface area contributed by atoms with Gasteiger partial charge in [-0.1, -0.05) is 0 Å². The second kappa shape index (κ2) is 7.25. The quantitative estimate of drug-likeness (QED) is 0.731. The van der Waals surface area contributed by atoms with E-state index in [2.05, 4.69) is 5.32 Å². The number of carbonyl (C=O) groups excluding carboxylic acids is 2. The second-order valence-corrected chi connectivity index (χ2v) is 7.24. The van der Waals surface area contributed by atoms with Crippen LogP contribution in [0.5, 0.6) is 11.5 Å². The van der Waals surface area contributed by atoms with Crippen molar-refractivity contribution in [2.24, 2.45) is 5.14 Å². The molecule has 1 atom stereocenters. The number of sulfonamides is 1. The Kier molecular flexibility index (Phi) is 5.02. The molecule has 9 nitrogen and oxygen atoms in total. The Balaban J connectivity index is 1.61. The third-order valence-corrected chi connectivity index (χ3v) is 4.64. The Hall–Kier alpha value is -3.11. The molecule has 0 saturated heterocycles. The van der Waals surface area contributed by atoms with Gasteiger partial charge in [0.1, 0.15) is 0 Å². The lowest BCUT2D eigenvalue weighted by atomic mass is 10.2. The Morgan fingerprint density at radius 1 is 1.11 bits per heavy atom. The van der Waals surface area contributed by atoms with Gasteiger partial charge in [-0.05, 0) is 49.4 Å². The first-order valence-electron chi connectivity index (χ1n) is 7.78. The third-order valence-electron chi connectivity index (χ3n) is 3.71. The van der Waals surface area contributed by atoms with Gasteiger partial charge in [0.15, 0.2) is 17.6 Å². The maximum atomic E-state index is 12.2. The van der Waals surface area contributed by atoms with Gasteiger partial charge in [0, 0.05) is 5.69 Å². The molecule has 1 aliphatic heterocycles. The minimum atomic E-state index is -3.82. The van der Waals surface area contributed by atoms with Gasteiger partial charge in [-0.2, -0.15) is 0 Å². The van der Waals surface area contributed by atoms with Crippen LogP contribution in [0.3, 0.4) is 0 Å². The van der Waals surface area contributed by atoms with E-state index in [0.717, 1.165) is 0 Å². The van der Waals surface area contributed by atoms with Gasteiger partial charge in [-0.3, -0.25) is 4.79 Å². The number of nitrogens with two attached hydrogens (primary N) is 1. The van der Waals surface area contributed by atoms with E-state index >= 15 is 0 Å². The van der Waals surface area contributed by atoms with Crippen LogP contribution in [0.15, 0.2) is 47.4 Å². The van der Waals surface area contributed by atoms with Gasteiger partial charge in [0.2, 0.25) is 16.8 Å². The summed E-state index contributed by atoms with van der Waals surface area (Å²) in [4.78, 5) is 24.3. The van der Waals surface area contributed by atoms with Crippen LogP contribution >= 0.6 is 0 Å². The van der Waals surface area contributed by atoms with E-state index in [1.165, 1.54) is 43.3 Å². The van der Waals surface area contributed by atoms with Crippen LogP contribution in [-0.2, 0) is 19.6 Å². The topological polar surface area (TPSA) is 134 Å². The first-order chi connectivity index (χ1) is 12.7. The fraction of sp³-hybridized carbons (Fsp3) is 0.176. The van der Waals surface area contributed by atoms with Crippen molar-refractivity contribution >= 4 is 27.6 Å². The van der Waals surface area contributed by atoms with E-state index in [-0.39, 0.29) is 17.3 Å². The molecule has 27 heavy (non-hydrogen) atoms. The number of hydrogen-bond acceptors (Lipinski definition) is 7. The molecule has 3 rings (SSSR count). The number of hydrogen-bond donors (Lipinski definition) is 2. The van der Waals surface area contributed by atoms with Gasteiger partial charge in [0.25, 0.3) is 5.91 Å². The van der Waals surface area contributed by atoms with Crippen molar-refractivity contribution < 1.29 is 32.2 Å². The Morgan fingerprint density at radius 3 is 2.44 bits per heavy atom. The van der Waals surface area contributed by atoms with Gasteiger partial charge in [-0.15, -0.1) is 0 Å². The third kappa shape index (κ3) is 4.36. The fourth-order valence-corrected chi connectivity index (χ4v) is 2.79. The molecule has 0 saturated carbocycles. The molecule has 3 N–H and O–H groups in total. The molecule has 10 heteroatoms. The van der Waals surface area contributed by atoms with Crippen molar-refractivity contribution in [3.63, 3.8) is 0 Å². The number of ether oxygens (including phenoxy) is 3. The molecule has 1 aliphatic rings. The van der Waals surface area contributed by atoms with Crippen LogP contribution in [-0.4, -0.2) is 33.2 Å². The molecule has 0 fully saturated rings. The second-order valence-electron chi connectivity index (χ2n) is 5.67. The van der Waals surface area contributed by atoms with Gasteiger partial charge < -0.3 is 19.5 Å². The Labute approximate surface area is 155 Å². The molecule has 142 valence electrons. The fourth-order valence-electron chi connectivity index (χ4n) is 2.28. The van der Waals surface area contributed by atoms with Gasteiger partial charge in [-0.25, -0.2) is 18.4 Å². The molecule has 1 heterocycles. The predicted molar refractivity (Wildman–Crippen MR) is 93.9 cm³/mol. The summed E-state index contributed by atoms with van der Waals surface area (Å²) in [6.07, 6.45) is -1.08. The molecule has 0 bridgehead atoms. The maximum absolute atomic E-state index is 12.2. The number of rotatable bonds is 5. The van der Waals surface area contributed by atoms with E-state index in [1.54, 1.807) is 6.07 Å². The zero-order valence-electron chi connectivity index (χ0n) is 14.2. The Morgan fingerprint density at radius 2 is 1.78 bits per heavy atom. The highest BCUT2D eigenvalue weighted by molar-refractivity contribution is 7.89. The largest absolute Gasteiger partial charge is 0.454 e. The summed E-state index contributed by atoms with van der Waals surface area (Å²) in [5.74, 6) is -0.315. The average Bonchev–Trinajstić information content (AvgIpc) is 3.09. The number of primary sulfonamides is 1. The number of amides is 1. The number of nitrogens with one attached hydrogen (secondary N) is 1. The summed E-state index contributed by atoms with van der Waals surface area (Å²) in [7, 11) is -3.82. The van der Waals surface area contributed by atoms with Crippen LogP contribution in [0.25, 0.3) is 0 Å². The van der Waals surface area contributed by atoms with Crippen LogP contribution in [0.1, 0.15) is 17.3 Å². The zero-order chi connectivity index (χ0) is 19.6. The first-order valence-corrected chi connectivity index (χ1v) is 9.33. The van der Waals surface area contributed by atoms with Crippen LogP contribution in [0, 0.1) is 0 Å². The lowest BCUT2D eigenvalue weighted by Gasteiger charge is -2.14. The lowest BCUT2D eigenvalue weighted by Crippen LogP contribution is -2.30. The summed E-state index contributed by atoms with van der Waals surface area (Å²) >= 11 is 0. The van der Waals surface area contributed by atoms with Crippen molar-refractivity contribution in [3.05, 3.63) is 48.0 Å². The van der Waals surface area contributed by atoms with Crippen LogP contribution < -0.4 is 19.9 Å². The van der Waals surface area contributed by atoms with E-state index in [9.17, 15) is 18.0 Å². The highest BCUT2D eigenvalue weighted by Crippen LogP contribution is 2.32. The van der Waals surface area contributed by atoms with Crippen molar-refractivity contribution in [2.75, 3.05) is 12.1 Å². The summed E-state index contributed by atoms with van der Waals surface area (Å²) in [6.45, 7) is 1.50. The number of benzene rings is 2. The minimum absolute atomic E-state index is 0.0802. The molecule has 0 aromatic heterocycles. The predicted octanol–water partition coefficient (Wildman–Crippen LogP) is 1.25. The summed E-state index contributed by atoms with van der Waals surface area (Å²) in [5, 5.41) is 7.53. The Bertz CT molecular complexity index is 987. The average molecular weight is 392 g/mol. The van der Waals surface area contributed by atoms with E-state index in [0.29, 0.717) is 17.2 Å². The van der Waals surface area contributed by atoms with Crippen LogP contribution in [0.2, 0.25) is 0 Å². The van der Waals surface area contributed by atoms with Crippen molar-refractivity contribution in [3.8, 4) is 11.5 Å². The zero-order valence-corrected chi connectivity index (χ0v) is 15.0. The lowest BCUT2D eigenvalue weighted by molar-refractivity contribution is -0.123. The molecule has 0 radical (unpaired) electrons. The minimum Gasteiger partial charge on any atom is -0.454 e. The van der Waals surface area contributed by atoms with E-state index in [4.69, 9.17) is 19.3 Å². The molecular weight excluding hydrogens is 376 g/mol. The van der Waals surface area contributed by atoms with Gasteiger partial charge >= 0.3 is 5.97 Å². The first kappa shape index (κ1) is 18.7. The monoisotopic (exact) mass is 392 g/mol. The summed E-state index contributed by atoms with van der Waals surface area (Å²) in [5.41, 5.74) is 0.551. The van der Waals surface area contributed by atoms with Crippen LogP contribution in [0.4, 0.5) is 5.69 Å². The van der Waals surface area contributed by atoms with Crippen molar-refractivity contribution in [1.29, 1.82) is 0 Å². The maximum Gasteiger partial charge on any atom is 0.339 e. The van der Waals surface area contributed by atoms with E-state index < -0.39 is 28.0 Å².